The number of ketones is 1. The fourth-order valence-electron chi connectivity index (χ4n) is 2.31. The Morgan fingerprint density at radius 2 is 1.89 bits per heavy atom. The molecule has 19 heavy (non-hydrogen) atoms. The number of hydrogen-bond donors (Lipinski definition) is 0. The van der Waals surface area contributed by atoms with Crippen LogP contribution in [0.15, 0.2) is 36.4 Å². The summed E-state index contributed by atoms with van der Waals surface area (Å²) in [4.78, 5) is 11.4. The lowest BCUT2D eigenvalue weighted by Crippen LogP contribution is -1.95. The van der Waals surface area contributed by atoms with E-state index >= 15 is 0 Å². The number of Topliss-reactive ketones (excluding diaryl/α,β-unsaturated/α-hetero) is 1. The van der Waals surface area contributed by atoms with Gasteiger partial charge in [0.15, 0.2) is 5.78 Å². The lowest BCUT2D eigenvalue weighted by atomic mass is 9.98. The van der Waals surface area contributed by atoms with Gasteiger partial charge in [-0.05, 0) is 47.9 Å². The lowest BCUT2D eigenvalue weighted by Gasteiger charge is -2.07. The maximum Gasteiger partial charge on any atom is 0.159 e. The molecular formula is C16H13FO2. The normalized spacial score (nSPS) is 13.4. The third-order valence-electron chi connectivity index (χ3n) is 3.41. The molecule has 3 rings (SSSR count). The first-order valence-electron chi connectivity index (χ1n) is 6.15. The van der Waals surface area contributed by atoms with Gasteiger partial charge in [0.25, 0.3) is 0 Å². The Labute approximate surface area is 110 Å². The summed E-state index contributed by atoms with van der Waals surface area (Å²) in [5.74, 6) is -0.380. The van der Waals surface area contributed by atoms with Crippen LogP contribution in [0.3, 0.4) is 0 Å². The van der Waals surface area contributed by atoms with E-state index in [4.69, 9.17) is 4.74 Å². The molecule has 2 aromatic rings. The fraction of sp³-hybridized carbons (Fsp3) is 0.188. The summed E-state index contributed by atoms with van der Waals surface area (Å²) in [6.07, 6.45) is 0. The number of carbonyl (C=O) groups excluding carboxylic acids is 1. The molecule has 1 aliphatic heterocycles. The molecule has 0 atom stereocenters. The highest BCUT2D eigenvalue weighted by molar-refractivity contribution is 5.95. The zero-order chi connectivity index (χ0) is 13.4. The molecule has 3 heteroatoms. The van der Waals surface area contributed by atoms with Crippen LogP contribution < -0.4 is 0 Å². The van der Waals surface area contributed by atoms with E-state index in [1.54, 1.807) is 6.07 Å². The van der Waals surface area contributed by atoms with Crippen molar-refractivity contribution in [3.8, 4) is 11.1 Å². The minimum atomic E-state index is -0.316. The van der Waals surface area contributed by atoms with Crippen molar-refractivity contribution in [2.45, 2.75) is 20.1 Å². The number of halogens is 1. The maximum absolute atomic E-state index is 13.9. The minimum absolute atomic E-state index is 0.0641. The minimum Gasteiger partial charge on any atom is -0.372 e. The molecule has 0 saturated heterocycles. The molecule has 0 saturated carbocycles. The summed E-state index contributed by atoms with van der Waals surface area (Å²) in [6, 6.07) is 10.2. The third kappa shape index (κ3) is 2.17. The zero-order valence-corrected chi connectivity index (χ0v) is 10.6. The molecule has 0 amide bonds. The predicted octanol–water partition coefficient (Wildman–Crippen LogP) is 3.73. The van der Waals surface area contributed by atoms with Crippen LogP contribution in [0.1, 0.15) is 28.4 Å². The van der Waals surface area contributed by atoms with Gasteiger partial charge in [0.05, 0.1) is 13.2 Å². The lowest BCUT2D eigenvalue weighted by molar-refractivity contribution is 0.101. The second-order valence-electron chi connectivity index (χ2n) is 4.73. The topological polar surface area (TPSA) is 26.3 Å². The third-order valence-corrected chi connectivity index (χ3v) is 3.41. The molecular weight excluding hydrogens is 243 g/mol. The van der Waals surface area contributed by atoms with Gasteiger partial charge in [0.2, 0.25) is 0 Å². The van der Waals surface area contributed by atoms with E-state index in [9.17, 15) is 9.18 Å². The molecule has 0 fully saturated rings. The molecule has 0 N–H and O–H groups in total. The summed E-state index contributed by atoms with van der Waals surface area (Å²) < 4.78 is 19.3. The first-order valence-corrected chi connectivity index (χ1v) is 6.15. The van der Waals surface area contributed by atoms with Crippen molar-refractivity contribution in [1.29, 1.82) is 0 Å². The Bertz CT molecular complexity index is 662. The fourth-order valence-corrected chi connectivity index (χ4v) is 2.31. The highest BCUT2D eigenvalue weighted by Gasteiger charge is 2.14. The van der Waals surface area contributed by atoms with Gasteiger partial charge in [-0.1, -0.05) is 12.1 Å². The Hall–Kier alpha value is -2.00. The quantitative estimate of drug-likeness (QED) is 0.765. The summed E-state index contributed by atoms with van der Waals surface area (Å²) in [6.45, 7) is 2.66. The SMILES string of the molecule is CC(=O)c1ccc(F)c(-c2ccc3c(c2)COC3)c1. The summed E-state index contributed by atoms with van der Waals surface area (Å²) in [5.41, 5.74) is 4.00. The standard InChI is InChI=1S/C16H13FO2/c1-10(18)11-4-5-16(17)15(7-11)12-2-3-13-8-19-9-14(13)6-12/h2-7H,8-9H2,1H3. The molecule has 0 unspecified atom stereocenters. The molecule has 1 aliphatic rings. The average Bonchev–Trinajstić information content (AvgIpc) is 2.86. The molecule has 1 heterocycles. The van der Waals surface area contributed by atoms with Crippen molar-refractivity contribution in [3.63, 3.8) is 0 Å². The molecule has 0 aliphatic carbocycles. The smallest absolute Gasteiger partial charge is 0.159 e. The van der Waals surface area contributed by atoms with Gasteiger partial charge in [-0.25, -0.2) is 4.39 Å². The highest BCUT2D eigenvalue weighted by Crippen LogP contribution is 2.29. The Morgan fingerprint density at radius 3 is 2.68 bits per heavy atom. The van der Waals surface area contributed by atoms with E-state index in [1.165, 1.54) is 19.1 Å². The highest BCUT2D eigenvalue weighted by atomic mass is 19.1. The van der Waals surface area contributed by atoms with Gasteiger partial charge in [-0.15, -0.1) is 0 Å². The Morgan fingerprint density at radius 1 is 1.11 bits per heavy atom. The molecule has 0 aromatic heterocycles. The largest absolute Gasteiger partial charge is 0.372 e. The van der Waals surface area contributed by atoms with E-state index in [0.29, 0.717) is 24.3 Å². The maximum atomic E-state index is 13.9. The number of ether oxygens (including phenoxy) is 1. The van der Waals surface area contributed by atoms with Crippen molar-refractivity contribution in [3.05, 3.63) is 58.9 Å². The van der Waals surface area contributed by atoms with E-state index in [2.05, 4.69) is 0 Å². The van der Waals surface area contributed by atoms with Crippen molar-refractivity contribution < 1.29 is 13.9 Å². The zero-order valence-electron chi connectivity index (χ0n) is 10.6. The summed E-state index contributed by atoms with van der Waals surface area (Å²) >= 11 is 0. The Kier molecular flexibility index (Phi) is 2.91. The van der Waals surface area contributed by atoms with Crippen molar-refractivity contribution >= 4 is 5.78 Å². The summed E-state index contributed by atoms with van der Waals surface area (Å²) in [7, 11) is 0. The molecule has 0 bridgehead atoms. The number of hydrogen-bond acceptors (Lipinski definition) is 2. The van der Waals surface area contributed by atoms with Crippen molar-refractivity contribution in [2.24, 2.45) is 0 Å². The molecule has 96 valence electrons. The molecule has 0 spiro atoms. The number of rotatable bonds is 2. The van der Waals surface area contributed by atoms with E-state index < -0.39 is 0 Å². The van der Waals surface area contributed by atoms with E-state index in [1.807, 2.05) is 18.2 Å². The first kappa shape index (κ1) is 12.1. The molecule has 0 radical (unpaired) electrons. The van der Waals surface area contributed by atoms with Gasteiger partial charge in [-0.2, -0.15) is 0 Å². The second-order valence-corrected chi connectivity index (χ2v) is 4.73. The van der Waals surface area contributed by atoms with Gasteiger partial charge < -0.3 is 4.74 Å². The van der Waals surface area contributed by atoms with E-state index in [0.717, 1.165) is 16.7 Å². The number of carbonyl (C=O) groups is 1. The van der Waals surface area contributed by atoms with Crippen molar-refractivity contribution in [1.82, 2.24) is 0 Å². The van der Waals surface area contributed by atoms with Crippen LogP contribution in [0, 0.1) is 5.82 Å². The molecule has 2 aromatic carbocycles. The Balaban J connectivity index is 2.11. The number of fused-ring (bicyclic) bond motifs is 1. The first-order chi connectivity index (χ1) is 9.15. The van der Waals surface area contributed by atoms with Gasteiger partial charge in [0, 0.05) is 11.1 Å². The van der Waals surface area contributed by atoms with Crippen LogP contribution in [0.2, 0.25) is 0 Å². The predicted molar refractivity (Wildman–Crippen MR) is 70.3 cm³/mol. The average molecular weight is 256 g/mol. The number of benzene rings is 2. The van der Waals surface area contributed by atoms with Crippen LogP contribution in [0.4, 0.5) is 4.39 Å². The van der Waals surface area contributed by atoms with Crippen LogP contribution in [-0.2, 0) is 18.0 Å². The van der Waals surface area contributed by atoms with Gasteiger partial charge in [0.1, 0.15) is 5.82 Å². The monoisotopic (exact) mass is 256 g/mol. The second kappa shape index (κ2) is 4.59. The summed E-state index contributed by atoms with van der Waals surface area (Å²) in [5, 5.41) is 0. The van der Waals surface area contributed by atoms with Crippen LogP contribution in [0.25, 0.3) is 11.1 Å². The van der Waals surface area contributed by atoms with Gasteiger partial charge in [-0.3, -0.25) is 4.79 Å². The van der Waals surface area contributed by atoms with Gasteiger partial charge >= 0.3 is 0 Å². The molecule has 2 nitrogen and oxygen atoms in total. The van der Waals surface area contributed by atoms with E-state index in [-0.39, 0.29) is 11.6 Å². The van der Waals surface area contributed by atoms with Crippen molar-refractivity contribution in [2.75, 3.05) is 0 Å². The van der Waals surface area contributed by atoms with Crippen LogP contribution >= 0.6 is 0 Å². The van der Waals surface area contributed by atoms with Crippen LogP contribution in [-0.4, -0.2) is 5.78 Å². The van der Waals surface area contributed by atoms with Crippen LogP contribution in [0.5, 0.6) is 0 Å².